The maximum absolute atomic E-state index is 13.6. The van der Waals surface area contributed by atoms with Gasteiger partial charge in [0.1, 0.15) is 0 Å². The molecule has 6 heteroatoms. The van der Waals surface area contributed by atoms with Gasteiger partial charge in [-0.15, -0.1) is 0 Å². The SMILES string of the molecule is COC(=O)C12CCC(C)C(C)(O)C1(C)C1=CC(O)C3C4(C)CC(O)C(O)C(C)(C)C4CCC3(C)C1(C)CC2. The first-order valence-electron chi connectivity index (χ1n) is 14.9. The van der Waals surface area contributed by atoms with E-state index < -0.39 is 40.2 Å². The number of rotatable bonds is 1. The van der Waals surface area contributed by atoms with Crippen molar-refractivity contribution < 1.29 is 30.0 Å². The highest BCUT2D eigenvalue weighted by Gasteiger charge is 2.77. The summed E-state index contributed by atoms with van der Waals surface area (Å²) >= 11 is 0. The van der Waals surface area contributed by atoms with Gasteiger partial charge in [0.15, 0.2) is 0 Å². The lowest BCUT2D eigenvalue weighted by Gasteiger charge is -2.74. The summed E-state index contributed by atoms with van der Waals surface area (Å²) in [6.07, 6.45) is 4.67. The van der Waals surface area contributed by atoms with Crippen molar-refractivity contribution in [3.05, 3.63) is 11.6 Å². The first kappa shape index (κ1) is 28.6. The van der Waals surface area contributed by atoms with Crippen LogP contribution in [0.1, 0.15) is 100 Å². The number of ether oxygens (including phenoxy) is 1. The van der Waals surface area contributed by atoms with E-state index in [1.807, 2.05) is 13.0 Å². The van der Waals surface area contributed by atoms with Crippen LogP contribution in [-0.4, -0.2) is 57.4 Å². The van der Waals surface area contributed by atoms with Crippen molar-refractivity contribution in [2.24, 2.45) is 50.2 Å². The van der Waals surface area contributed by atoms with Crippen LogP contribution in [0.15, 0.2) is 11.6 Å². The van der Waals surface area contributed by atoms with Crippen LogP contribution in [0.2, 0.25) is 0 Å². The quantitative estimate of drug-likeness (QED) is 0.290. The van der Waals surface area contributed by atoms with Crippen molar-refractivity contribution >= 4 is 5.97 Å². The third kappa shape index (κ3) is 2.92. The summed E-state index contributed by atoms with van der Waals surface area (Å²) in [6, 6.07) is 0. The van der Waals surface area contributed by atoms with Gasteiger partial charge in [0, 0.05) is 11.3 Å². The molecule has 38 heavy (non-hydrogen) atoms. The molecule has 0 heterocycles. The smallest absolute Gasteiger partial charge is 0.312 e. The standard InChI is InChI=1S/C32H52O6/c1-18-10-13-32(25(36)38-9)15-14-28(5)22(30(32,7)31(18,8)37)16-19(33)23-27(4)17-20(34)24(35)26(2,3)21(27)11-12-29(23,28)6/h16,18-21,23-24,33-35,37H,10-15,17H2,1-9H3. The molecule has 6 nitrogen and oxygen atoms in total. The fourth-order valence-electron chi connectivity index (χ4n) is 11.9. The van der Waals surface area contributed by atoms with Crippen molar-refractivity contribution in [2.75, 3.05) is 7.11 Å². The van der Waals surface area contributed by atoms with Crippen LogP contribution in [0, 0.1) is 50.2 Å². The minimum atomic E-state index is -1.16. The third-order valence-corrected chi connectivity index (χ3v) is 14.5. The van der Waals surface area contributed by atoms with Crippen LogP contribution >= 0.6 is 0 Å². The van der Waals surface area contributed by atoms with E-state index in [2.05, 4.69) is 48.5 Å². The maximum Gasteiger partial charge on any atom is 0.312 e. The molecule has 12 atom stereocenters. The molecule has 5 aliphatic carbocycles. The average molecular weight is 533 g/mol. The molecule has 12 unspecified atom stereocenters. The van der Waals surface area contributed by atoms with Crippen LogP contribution in [0.5, 0.6) is 0 Å². The first-order valence-corrected chi connectivity index (χ1v) is 14.9. The molecule has 0 aromatic heterocycles. The van der Waals surface area contributed by atoms with E-state index in [4.69, 9.17) is 4.74 Å². The third-order valence-electron chi connectivity index (χ3n) is 14.5. The molecule has 5 aliphatic rings. The number of hydrogen-bond donors (Lipinski definition) is 4. The zero-order valence-corrected chi connectivity index (χ0v) is 25.1. The van der Waals surface area contributed by atoms with E-state index in [-0.39, 0.29) is 40.0 Å². The van der Waals surface area contributed by atoms with Crippen LogP contribution in [0.4, 0.5) is 0 Å². The Balaban J connectivity index is 1.74. The lowest BCUT2D eigenvalue weighted by Crippen LogP contribution is -2.73. The summed E-state index contributed by atoms with van der Waals surface area (Å²) in [5.74, 6) is -0.228. The number of hydrogen-bond acceptors (Lipinski definition) is 6. The molecule has 4 fully saturated rings. The van der Waals surface area contributed by atoms with Gasteiger partial charge in [-0.25, -0.2) is 0 Å². The van der Waals surface area contributed by atoms with Crippen molar-refractivity contribution in [3.8, 4) is 0 Å². The number of methoxy groups -OCH3 is 1. The summed E-state index contributed by atoms with van der Waals surface area (Å²) < 4.78 is 5.46. The summed E-state index contributed by atoms with van der Waals surface area (Å²) in [6.45, 7) is 17.0. The second kappa shape index (κ2) is 8.08. The van der Waals surface area contributed by atoms with Gasteiger partial charge in [-0.05, 0) is 85.4 Å². The number of carbonyl (C=O) groups excluding carboxylic acids is 1. The van der Waals surface area contributed by atoms with Crippen molar-refractivity contribution in [2.45, 2.75) is 124 Å². The Morgan fingerprint density at radius 2 is 1.58 bits per heavy atom. The van der Waals surface area contributed by atoms with Crippen LogP contribution in [-0.2, 0) is 9.53 Å². The van der Waals surface area contributed by atoms with Gasteiger partial charge in [-0.3, -0.25) is 4.79 Å². The lowest BCUT2D eigenvalue weighted by molar-refractivity contribution is -0.263. The molecule has 216 valence electrons. The Morgan fingerprint density at radius 1 is 0.947 bits per heavy atom. The predicted molar refractivity (Wildman–Crippen MR) is 146 cm³/mol. The highest BCUT2D eigenvalue weighted by atomic mass is 16.5. The van der Waals surface area contributed by atoms with Gasteiger partial charge in [0.2, 0.25) is 0 Å². The Hall–Kier alpha value is -0.950. The molecule has 4 N–H and O–H groups in total. The topological polar surface area (TPSA) is 107 Å². The van der Waals surface area contributed by atoms with Crippen LogP contribution in [0.25, 0.3) is 0 Å². The summed E-state index contributed by atoms with van der Waals surface area (Å²) in [5.41, 5.74) is -3.41. The number of esters is 1. The summed E-state index contributed by atoms with van der Waals surface area (Å²) in [7, 11) is 1.45. The second-order valence-corrected chi connectivity index (χ2v) is 15.7. The molecule has 4 saturated carbocycles. The number of aliphatic hydroxyl groups is 4. The Labute approximate surface area is 229 Å². The summed E-state index contributed by atoms with van der Waals surface area (Å²) in [5, 5.41) is 46.5. The van der Waals surface area contributed by atoms with E-state index in [9.17, 15) is 25.2 Å². The number of fused-ring (bicyclic) bond motifs is 7. The van der Waals surface area contributed by atoms with Crippen molar-refractivity contribution in [1.29, 1.82) is 0 Å². The largest absolute Gasteiger partial charge is 0.469 e. The minimum absolute atomic E-state index is 0.0137. The molecular weight excluding hydrogens is 480 g/mol. The van der Waals surface area contributed by atoms with Gasteiger partial charge in [0.25, 0.3) is 0 Å². The highest BCUT2D eigenvalue weighted by Crippen LogP contribution is 2.79. The van der Waals surface area contributed by atoms with Crippen molar-refractivity contribution in [3.63, 3.8) is 0 Å². The zero-order valence-electron chi connectivity index (χ0n) is 25.1. The molecule has 5 rings (SSSR count). The van der Waals surface area contributed by atoms with Gasteiger partial charge in [-0.2, -0.15) is 0 Å². The van der Waals surface area contributed by atoms with Crippen LogP contribution in [0.3, 0.4) is 0 Å². The fourth-order valence-corrected chi connectivity index (χ4v) is 11.9. The van der Waals surface area contributed by atoms with Gasteiger partial charge in [-0.1, -0.05) is 60.1 Å². The zero-order chi connectivity index (χ0) is 28.5. The van der Waals surface area contributed by atoms with E-state index >= 15 is 0 Å². The molecule has 0 radical (unpaired) electrons. The second-order valence-electron chi connectivity index (χ2n) is 15.7. The number of aliphatic hydroxyl groups excluding tert-OH is 3. The highest BCUT2D eigenvalue weighted by molar-refractivity contribution is 5.80. The molecule has 0 spiro atoms. The van der Waals surface area contributed by atoms with E-state index in [0.29, 0.717) is 19.3 Å². The normalized spacial score (nSPS) is 57.4. The monoisotopic (exact) mass is 532 g/mol. The average Bonchev–Trinajstić information content (AvgIpc) is 2.82. The molecule has 0 aromatic carbocycles. The first-order chi connectivity index (χ1) is 17.3. The fraction of sp³-hybridized carbons (Fsp3) is 0.906. The number of carbonyl (C=O) groups is 1. The van der Waals surface area contributed by atoms with Gasteiger partial charge < -0.3 is 25.2 Å². The minimum Gasteiger partial charge on any atom is -0.469 e. The van der Waals surface area contributed by atoms with Crippen LogP contribution < -0.4 is 0 Å². The molecule has 0 aromatic rings. The van der Waals surface area contributed by atoms with E-state index in [1.54, 1.807) is 0 Å². The van der Waals surface area contributed by atoms with Gasteiger partial charge >= 0.3 is 5.97 Å². The maximum atomic E-state index is 13.6. The molecule has 0 amide bonds. The Bertz CT molecular complexity index is 1050. The molecule has 0 bridgehead atoms. The lowest BCUT2D eigenvalue weighted by atomic mass is 9.30. The summed E-state index contributed by atoms with van der Waals surface area (Å²) in [4.78, 5) is 13.6. The molecule has 0 saturated heterocycles. The molecular formula is C32H52O6. The Kier molecular flexibility index (Phi) is 6.07. The predicted octanol–water partition coefficient (Wildman–Crippen LogP) is 4.62. The Morgan fingerprint density at radius 3 is 2.18 bits per heavy atom. The van der Waals surface area contributed by atoms with E-state index in [0.717, 1.165) is 31.3 Å². The van der Waals surface area contributed by atoms with Gasteiger partial charge in [0.05, 0.1) is 36.4 Å². The van der Waals surface area contributed by atoms with Crippen molar-refractivity contribution in [1.82, 2.24) is 0 Å². The molecule has 0 aliphatic heterocycles. The van der Waals surface area contributed by atoms with E-state index in [1.165, 1.54) is 7.11 Å².